The van der Waals surface area contributed by atoms with Gasteiger partial charge in [0.2, 0.25) is 5.91 Å². The van der Waals surface area contributed by atoms with E-state index in [1.54, 1.807) is 19.3 Å². The molecule has 4 heterocycles. The van der Waals surface area contributed by atoms with Gasteiger partial charge in [0.15, 0.2) is 0 Å². The highest BCUT2D eigenvalue weighted by Crippen LogP contribution is 2.32. The van der Waals surface area contributed by atoms with Gasteiger partial charge in [-0.25, -0.2) is 0 Å². The summed E-state index contributed by atoms with van der Waals surface area (Å²) in [6.45, 7) is 5.36. The average molecular weight is 492 g/mol. The number of aromatic nitrogens is 4. The third kappa shape index (κ3) is 4.46. The largest absolute Gasteiger partial charge is 0.381 e. The lowest BCUT2D eigenvalue weighted by Crippen LogP contribution is -2.48. The second kappa shape index (κ2) is 9.54. The minimum absolute atomic E-state index is 0.137. The van der Waals surface area contributed by atoms with Crippen LogP contribution in [-0.2, 0) is 18.4 Å². The van der Waals surface area contributed by atoms with Gasteiger partial charge < -0.3 is 19.7 Å². The summed E-state index contributed by atoms with van der Waals surface area (Å²) in [6, 6.07) is 14.9. The van der Waals surface area contributed by atoms with Crippen molar-refractivity contribution in [1.29, 1.82) is 0 Å². The van der Waals surface area contributed by atoms with Crippen LogP contribution in [0.4, 0.5) is 11.4 Å². The molecule has 1 aliphatic rings. The molecule has 0 radical (unpaired) electrons. The fraction of sp³-hybridized carbons (Fsp3) is 0.241. The van der Waals surface area contributed by atoms with Crippen molar-refractivity contribution in [2.24, 2.45) is 7.05 Å². The van der Waals surface area contributed by atoms with Crippen molar-refractivity contribution in [1.82, 2.24) is 24.4 Å². The lowest BCUT2D eigenvalue weighted by Gasteiger charge is -2.36. The quantitative estimate of drug-likeness (QED) is 0.391. The number of piperazine rings is 1. The molecular formula is C29H29N7O. The molecule has 8 heteroatoms. The van der Waals surface area contributed by atoms with E-state index in [0.717, 1.165) is 65.3 Å². The fourth-order valence-corrected chi connectivity index (χ4v) is 5.15. The van der Waals surface area contributed by atoms with Crippen LogP contribution in [0.25, 0.3) is 33.1 Å². The Kier molecular flexibility index (Phi) is 5.92. The Morgan fingerprint density at radius 2 is 1.81 bits per heavy atom. The minimum Gasteiger partial charge on any atom is -0.381 e. The predicted octanol–water partition coefficient (Wildman–Crippen LogP) is 4.46. The number of nitrogens with one attached hydrogen (secondary N) is 1. The van der Waals surface area contributed by atoms with Crippen molar-refractivity contribution in [3.8, 4) is 11.1 Å². The summed E-state index contributed by atoms with van der Waals surface area (Å²) in [5.41, 5.74) is 8.31. The Balaban J connectivity index is 1.30. The van der Waals surface area contributed by atoms with Crippen molar-refractivity contribution in [3.63, 3.8) is 0 Å². The number of rotatable bonds is 5. The maximum absolute atomic E-state index is 11.7. The Morgan fingerprint density at radius 3 is 2.65 bits per heavy atom. The summed E-state index contributed by atoms with van der Waals surface area (Å²) in [7, 11) is 2.06. The first-order valence-corrected chi connectivity index (χ1v) is 12.5. The topological polar surface area (TPSA) is 79.2 Å². The molecule has 0 bridgehead atoms. The molecule has 2 aromatic carbocycles. The molecule has 186 valence electrons. The molecule has 1 aliphatic heterocycles. The maximum atomic E-state index is 11.7. The highest BCUT2D eigenvalue weighted by atomic mass is 16.2. The van der Waals surface area contributed by atoms with E-state index in [1.807, 2.05) is 17.3 Å². The molecule has 0 spiro atoms. The van der Waals surface area contributed by atoms with Gasteiger partial charge in [-0.05, 0) is 41.3 Å². The second-order valence-corrected chi connectivity index (χ2v) is 9.50. The lowest BCUT2D eigenvalue weighted by atomic mass is 10.0. The van der Waals surface area contributed by atoms with Gasteiger partial charge in [-0.15, -0.1) is 0 Å². The predicted molar refractivity (Wildman–Crippen MR) is 147 cm³/mol. The first-order chi connectivity index (χ1) is 18.1. The first-order valence-electron chi connectivity index (χ1n) is 12.5. The fourth-order valence-electron chi connectivity index (χ4n) is 5.15. The number of nitrogens with zero attached hydrogens (tertiary/aromatic N) is 6. The zero-order chi connectivity index (χ0) is 25.4. The monoisotopic (exact) mass is 491 g/mol. The molecule has 1 amide bonds. The summed E-state index contributed by atoms with van der Waals surface area (Å²) in [5, 5.41) is 4.82. The number of hydrogen-bond acceptors (Lipinski definition) is 6. The Hall–Kier alpha value is -4.46. The molecule has 0 atom stereocenters. The van der Waals surface area contributed by atoms with Gasteiger partial charge in [-0.2, -0.15) is 0 Å². The van der Waals surface area contributed by atoms with Gasteiger partial charge in [0.05, 0.1) is 11.0 Å². The molecule has 1 fully saturated rings. The van der Waals surface area contributed by atoms with Gasteiger partial charge >= 0.3 is 0 Å². The number of anilines is 2. The van der Waals surface area contributed by atoms with Crippen LogP contribution in [0, 0.1) is 0 Å². The van der Waals surface area contributed by atoms with Gasteiger partial charge in [0.1, 0.15) is 0 Å². The molecule has 0 unspecified atom stereocenters. The van der Waals surface area contributed by atoms with Crippen molar-refractivity contribution in [3.05, 3.63) is 79.0 Å². The molecule has 37 heavy (non-hydrogen) atoms. The number of carbonyl (C=O) groups is 1. The summed E-state index contributed by atoms with van der Waals surface area (Å²) in [6.07, 6.45) is 9.31. The first kappa shape index (κ1) is 23.0. The molecule has 8 nitrogen and oxygen atoms in total. The van der Waals surface area contributed by atoms with Crippen LogP contribution in [0.15, 0.2) is 73.4 Å². The zero-order valence-corrected chi connectivity index (χ0v) is 21.1. The maximum Gasteiger partial charge on any atom is 0.219 e. The smallest absolute Gasteiger partial charge is 0.219 e. The molecule has 3 aromatic heterocycles. The number of carbonyl (C=O) groups excluding carboxylic acids is 1. The molecule has 1 N–H and O–H groups in total. The van der Waals surface area contributed by atoms with Crippen LogP contribution < -0.4 is 10.2 Å². The van der Waals surface area contributed by atoms with Crippen LogP contribution in [-0.4, -0.2) is 56.5 Å². The Bertz CT molecular complexity index is 1600. The van der Waals surface area contributed by atoms with E-state index < -0.39 is 0 Å². The lowest BCUT2D eigenvalue weighted by molar-refractivity contribution is -0.129. The van der Waals surface area contributed by atoms with Crippen molar-refractivity contribution in [2.75, 3.05) is 36.4 Å². The SMILES string of the molecule is CC(=O)N1CCN(c2ccncc2CNc2cc(-c3ccc4ccn(C)c4c3)c3nccnc3c2)CC1. The number of aryl methyl sites for hydroxylation is 1. The molecule has 6 rings (SSSR count). The third-order valence-corrected chi connectivity index (χ3v) is 7.20. The average Bonchev–Trinajstić information content (AvgIpc) is 3.31. The van der Waals surface area contributed by atoms with E-state index in [1.165, 1.54) is 10.9 Å². The second-order valence-electron chi connectivity index (χ2n) is 9.50. The van der Waals surface area contributed by atoms with E-state index in [4.69, 9.17) is 0 Å². The van der Waals surface area contributed by atoms with Crippen LogP contribution in [0.3, 0.4) is 0 Å². The van der Waals surface area contributed by atoms with Crippen LogP contribution in [0.5, 0.6) is 0 Å². The third-order valence-electron chi connectivity index (χ3n) is 7.20. The molecule has 1 saturated heterocycles. The summed E-state index contributed by atoms with van der Waals surface area (Å²) in [5.74, 6) is 0.137. The number of fused-ring (bicyclic) bond motifs is 2. The van der Waals surface area contributed by atoms with Gasteiger partial charge in [0, 0.05) is 106 Å². The number of pyridine rings is 1. The summed E-state index contributed by atoms with van der Waals surface area (Å²) < 4.78 is 2.13. The summed E-state index contributed by atoms with van der Waals surface area (Å²) in [4.78, 5) is 29.6. The van der Waals surface area contributed by atoms with Crippen LogP contribution in [0.2, 0.25) is 0 Å². The van der Waals surface area contributed by atoms with Crippen molar-refractivity contribution in [2.45, 2.75) is 13.5 Å². The molecule has 0 aliphatic carbocycles. The van der Waals surface area contributed by atoms with Crippen LogP contribution >= 0.6 is 0 Å². The number of hydrogen-bond donors (Lipinski definition) is 1. The molecule has 5 aromatic rings. The number of amides is 1. The van der Waals surface area contributed by atoms with Gasteiger partial charge in [0.25, 0.3) is 0 Å². The minimum atomic E-state index is 0.137. The Labute approximate surface area is 215 Å². The highest BCUT2D eigenvalue weighted by Gasteiger charge is 2.20. The van der Waals surface area contributed by atoms with E-state index >= 15 is 0 Å². The van der Waals surface area contributed by atoms with Crippen LogP contribution in [0.1, 0.15) is 12.5 Å². The zero-order valence-electron chi connectivity index (χ0n) is 21.1. The molecular weight excluding hydrogens is 462 g/mol. The van der Waals surface area contributed by atoms with Gasteiger partial charge in [-0.1, -0.05) is 12.1 Å². The number of benzene rings is 2. The molecule has 0 saturated carbocycles. The van der Waals surface area contributed by atoms with Crippen molar-refractivity contribution >= 4 is 39.2 Å². The normalized spacial score (nSPS) is 13.9. The van der Waals surface area contributed by atoms with E-state index in [2.05, 4.69) is 85.4 Å². The van der Waals surface area contributed by atoms with Crippen molar-refractivity contribution < 1.29 is 4.79 Å². The summed E-state index contributed by atoms with van der Waals surface area (Å²) >= 11 is 0. The highest BCUT2D eigenvalue weighted by molar-refractivity contribution is 5.97. The van der Waals surface area contributed by atoms with E-state index in [9.17, 15) is 4.79 Å². The standard InChI is InChI=1S/C29H29N7O/c1-20(37)35-11-13-36(14-12-35)27-5-7-30-18-23(27)19-33-24-16-25(29-26(17-24)31-8-9-32-29)22-4-3-21-6-10-34(2)28(21)15-22/h3-10,15-18,33H,11-14,19H2,1-2H3. The van der Waals surface area contributed by atoms with E-state index in [-0.39, 0.29) is 5.91 Å². The Morgan fingerprint density at radius 1 is 0.973 bits per heavy atom. The van der Waals surface area contributed by atoms with Gasteiger partial charge in [-0.3, -0.25) is 19.7 Å². The van der Waals surface area contributed by atoms with E-state index in [0.29, 0.717) is 6.54 Å².